The van der Waals surface area contributed by atoms with Crippen molar-refractivity contribution in [2.75, 3.05) is 11.9 Å². The summed E-state index contributed by atoms with van der Waals surface area (Å²) in [6.45, 7) is -0.412. The second-order valence-corrected chi connectivity index (χ2v) is 3.59. The molecule has 0 amide bonds. The molecule has 1 atom stereocenters. The molecule has 0 aliphatic carbocycles. The maximum atomic E-state index is 13.1. The number of hydrogen-bond donors (Lipinski definition) is 2. The summed E-state index contributed by atoms with van der Waals surface area (Å²) in [5.41, 5.74) is -2.86. The Morgan fingerprint density at radius 2 is 1.81 bits per heavy atom. The molecule has 2 nitrogen and oxygen atoms in total. The second kappa shape index (κ2) is 4.29. The molecule has 1 unspecified atom stereocenters. The predicted octanol–water partition coefficient (Wildman–Crippen LogP) is 2.55. The van der Waals surface area contributed by atoms with E-state index in [-0.39, 0.29) is 5.69 Å². The summed E-state index contributed by atoms with van der Waals surface area (Å²) in [6.07, 6.45) is -4.68. The largest absolute Gasteiger partial charge is 0.413 e. The molecule has 0 saturated heterocycles. The zero-order valence-corrected chi connectivity index (χ0v) is 8.48. The van der Waals surface area contributed by atoms with Gasteiger partial charge in [0.15, 0.2) is 5.54 Å². The Balaban J connectivity index is 2.99. The van der Waals surface area contributed by atoms with Gasteiger partial charge in [0, 0.05) is 0 Å². The first-order chi connectivity index (χ1) is 7.30. The van der Waals surface area contributed by atoms with Crippen molar-refractivity contribution < 1.29 is 22.7 Å². The smallest absolute Gasteiger partial charge is 0.394 e. The van der Waals surface area contributed by atoms with Crippen molar-refractivity contribution in [3.8, 4) is 0 Å². The zero-order valence-electron chi connectivity index (χ0n) is 8.48. The summed E-state index contributed by atoms with van der Waals surface area (Å²) in [5.74, 6) is -0.800. The lowest BCUT2D eigenvalue weighted by molar-refractivity contribution is -0.182. The molecule has 0 saturated carbocycles. The number of nitrogens with one attached hydrogen (secondary N) is 1. The van der Waals surface area contributed by atoms with Gasteiger partial charge >= 0.3 is 6.18 Å². The monoisotopic (exact) mass is 237 g/mol. The van der Waals surface area contributed by atoms with E-state index in [1.54, 1.807) is 0 Å². The molecule has 1 aromatic rings. The number of aliphatic hydroxyl groups excluding tert-OH is 1. The summed E-state index contributed by atoms with van der Waals surface area (Å²) in [7, 11) is 0. The molecule has 1 aromatic carbocycles. The van der Waals surface area contributed by atoms with Crippen molar-refractivity contribution in [2.24, 2.45) is 0 Å². The molecular formula is C10H11F4NO. The lowest BCUT2D eigenvalue weighted by atomic mass is 10.0. The van der Waals surface area contributed by atoms with Crippen LogP contribution >= 0.6 is 0 Å². The van der Waals surface area contributed by atoms with Gasteiger partial charge in [-0.2, -0.15) is 13.2 Å². The fourth-order valence-corrected chi connectivity index (χ4v) is 1.06. The second-order valence-electron chi connectivity index (χ2n) is 3.59. The molecule has 0 aromatic heterocycles. The predicted molar refractivity (Wildman–Crippen MR) is 51.6 cm³/mol. The van der Waals surface area contributed by atoms with E-state index in [9.17, 15) is 17.6 Å². The lowest BCUT2D eigenvalue weighted by Crippen LogP contribution is -2.52. The van der Waals surface area contributed by atoms with Crippen molar-refractivity contribution in [3.05, 3.63) is 30.1 Å². The van der Waals surface area contributed by atoms with Gasteiger partial charge in [-0.15, -0.1) is 0 Å². The molecule has 0 radical (unpaired) electrons. The van der Waals surface area contributed by atoms with E-state index in [1.165, 1.54) is 18.2 Å². The van der Waals surface area contributed by atoms with Crippen LogP contribution in [0.1, 0.15) is 6.92 Å². The first kappa shape index (κ1) is 12.8. The molecule has 0 fully saturated rings. The molecule has 6 heteroatoms. The SMILES string of the molecule is CC(CO)(Nc1ccccc1F)C(F)(F)F. The van der Waals surface area contributed by atoms with Crippen LogP contribution < -0.4 is 5.32 Å². The number of anilines is 1. The zero-order chi connectivity index (χ0) is 12.4. The van der Waals surface area contributed by atoms with Crippen LogP contribution in [0.5, 0.6) is 0 Å². The topological polar surface area (TPSA) is 32.3 Å². The summed E-state index contributed by atoms with van der Waals surface area (Å²) in [5, 5.41) is 10.7. The number of para-hydroxylation sites is 1. The van der Waals surface area contributed by atoms with Crippen LogP contribution in [0.4, 0.5) is 23.2 Å². The highest BCUT2D eigenvalue weighted by Crippen LogP contribution is 2.33. The van der Waals surface area contributed by atoms with Crippen LogP contribution in [0.25, 0.3) is 0 Å². The Hall–Kier alpha value is -1.30. The average Bonchev–Trinajstić information content (AvgIpc) is 2.19. The normalized spacial score (nSPS) is 15.6. The van der Waals surface area contributed by atoms with Crippen LogP contribution in [0.15, 0.2) is 24.3 Å². The number of halogens is 4. The number of aliphatic hydroxyl groups is 1. The summed E-state index contributed by atoms with van der Waals surface area (Å²) < 4.78 is 50.9. The quantitative estimate of drug-likeness (QED) is 0.792. The van der Waals surface area contributed by atoms with Gasteiger partial charge in [-0.1, -0.05) is 12.1 Å². The highest BCUT2D eigenvalue weighted by Gasteiger charge is 2.51. The number of rotatable bonds is 3. The van der Waals surface area contributed by atoms with Gasteiger partial charge in [-0.25, -0.2) is 4.39 Å². The van der Waals surface area contributed by atoms with Gasteiger partial charge in [0.25, 0.3) is 0 Å². The molecular weight excluding hydrogens is 226 g/mol. The van der Waals surface area contributed by atoms with E-state index in [4.69, 9.17) is 5.11 Å². The van der Waals surface area contributed by atoms with Crippen molar-refractivity contribution >= 4 is 5.69 Å². The van der Waals surface area contributed by atoms with E-state index in [2.05, 4.69) is 0 Å². The average molecular weight is 237 g/mol. The molecule has 1 rings (SSSR count). The first-order valence-corrected chi connectivity index (χ1v) is 4.50. The number of benzene rings is 1. The summed E-state index contributed by atoms with van der Waals surface area (Å²) in [4.78, 5) is 0. The van der Waals surface area contributed by atoms with E-state index in [0.717, 1.165) is 13.0 Å². The molecule has 0 heterocycles. The minimum absolute atomic E-state index is 0.295. The van der Waals surface area contributed by atoms with E-state index >= 15 is 0 Å². The maximum Gasteiger partial charge on any atom is 0.413 e. The Morgan fingerprint density at radius 3 is 2.25 bits per heavy atom. The van der Waals surface area contributed by atoms with Crippen LogP contribution in [0, 0.1) is 5.82 Å². The van der Waals surface area contributed by atoms with Crippen LogP contribution in [-0.2, 0) is 0 Å². The number of hydrogen-bond acceptors (Lipinski definition) is 2. The van der Waals surface area contributed by atoms with Gasteiger partial charge in [-0.3, -0.25) is 0 Å². The van der Waals surface area contributed by atoms with Crippen LogP contribution in [-0.4, -0.2) is 23.4 Å². The van der Waals surface area contributed by atoms with E-state index in [1.807, 2.05) is 5.32 Å². The van der Waals surface area contributed by atoms with E-state index < -0.39 is 24.1 Å². The highest BCUT2D eigenvalue weighted by molar-refractivity contribution is 5.47. The van der Waals surface area contributed by atoms with Gasteiger partial charge in [-0.05, 0) is 19.1 Å². The third-order valence-corrected chi connectivity index (χ3v) is 2.23. The van der Waals surface area contributed by atoms with Gasteiger partial charge in [0.1, 0.15) is 5.82 Å². The third-order valence-electron chi connectivity index (χ3n) is 2.23. The Kier molecular flexibility index (Phi) is 3.42. The van der Waals surface area contributed by atoms with Gasteiger partial charge < -0.3 is 10.4 Å². The third kappa shape index (κ3) is 2.44. The van der Waals surface area contributed by atoms with Crippen molar-refractivity contribution in [1.29, 1.82) is 0 Å². The van der Waals surface area contributed by atoms with Crippen molar-refractivity contribution in [1.82, 2.24) is 0 Å². The lowest BCUT2D eigenvalue weighted by Gasteiger charge is -2.32. The van der Waals surface area contributed by atoms with Gasteiger partial charge in [0.2, 0.25) is 0 Å². The molecule has 0 spiro atoms. The fraction of sp³-hybridized carbons (Fsp3) is 0.400. The maximum absolute atomic E-state index is 13.1. The molecule has 0 aliphatic heterocycles. The van der Waals surface area contributed by atoms with Gasteiger partial charge in [0.05, 0.1) is 12.3 Å². The Morgan fingerprint density at radius 1 is 1.25 bits per heavy atom. The first-order valence-electron chi connectivity index (χ1n) is 4.50. The standard InChI is InChI=1S/C10H11F4NO/c1-9(6-16,10(12,13)14)15-8-5-3-2-4-7(8)11/h2-5,15-16H,6H2,1H3. The van der Waals surface area contributed by atoms with Crippen LogP contribution in [0.2, 0.25) is 0 Å². The highest BCUT2D eigenvalue weighted by atomic mass is 19.4. The molecule has 0 bridgehead atoms. The Bertz CT molecular complexity index is 366. The summed E-state index contributed by atoms with van der Waals surface area (Å²) >= 11 is 0. The summed E-state index contributed by atoms with van der Waals surface area (Å²) in [6, 6.07) is 4.98. The van der Waals surface area contributed by atoms with Crippen molar-refractivity contribution in [2.45, 2.75) is 18.6 Å². The Labute approximate surface area is 89.9 Å². The molecule has 0 aliphatic rings. The molecule has 2 N–H and O–H groups in total. The van der Waals surface area contributed by atoms with E-state index in [0.29, 0.717) is 0 Å². The fourth-order valence-electron chi connectivity index (χ4n) is 1.06. The minimum atomic E-state index is -4.68. The molecule has 16 heavy (non-hydrogen) atoms. The number of alkyl halides is 3. The minimum Gasteiger partial charge on any atom is -0.394 e. The van der Waals surface area contributed by atoms with Crippen LogP contribution in [0.3, 0.4) is 0 Å². The van der Waals surface area contributed by atoms with Crippen molar-refractivity contribution in [3.63, 3.8) is 0 Å². The molecule has 90 valence electrons.